The normalized spacial score (nSPS) is 20.1. The van der Waals surface area contributed by atoms with Crippen molar-refractivity contribution in [2.75, 3.05) is 13.1 Å². The monoisotopic (exact) mass is 264 g/mol. The van der Waals surface area contributed by atoms with Gasteiger partial charge in [-0.1, -0.05) is 26.8 Å². The fourth-order valence-corrected chi connectivity index (χ4v) is 2.88. The number of aliphatic imine (C=N–C) groups is 1. The molecule has 0 aromatic carbocycles. The molecule has 0 saturated heterocycles. The zero-order valence-electron chi connectivity index (χ0n) is 11.2. The van der Waals surface area contributed by atoms with E-state index < -0.39 is 0 Å². The molecule has 1 unspecified atom stereocenters. The minimum atomic E-state index is 0.0944. The molecule has 1 aliphatic rings. The molecule has 0 radical (unpaired) electrons. The van der Waals surface area contributed by atoms with Crippen LogP contribution in [0.2, 0.25) is 0 Å². The van der Waals surface area contributed by atoms with Crippen LogP contribution in [0.3, 0.4) is 0 Å². The van der Waals surface area contributed by atoms with Crippen LogP contribution in [0.15, 0.2) is 23.0 Å². The van der Waals surface area contributed by atoms with Crippen molar-refractivity contribution >= 4 is 17.3 Å². The van der Waals surface area contributed by atoms with E-state index in [0.29, 0.717) is 19.0 Å². The van der Waals surface area contributed by atoms with Crippen LogP contribution in [0.5, 0.6) is 0 Å². The van der Waals surface area contributed by atoms with E-state index in [4.69, 9.17) is 10.7 Å². The second-order valence-electron chi connectivity index (χ2n) is 5.48. The van der Waals surface area contributed by atoms with Gasteiger partial charge in [-0.3, -0.25) is 4.99 Å². The molecule has 1 aliphatic heterocycles. The van der Waals surface area contributed by atoms with Crippen molar-refractivity contribution in [3.63, 3.8) is 0 Å². The smallest absolute Gasteiger partial charge is 0.192 e. The lowest BCUT2D eigenvalue weighted by molar-refractivity contribution is 0.373. The van der Waals surface area contributed by atoms with Gasteiger partial charge < -0.3 is 10.6 Å². The van der Waals surface area contributed by atoms with Gasteiger partial charge in [-0.25, -0.2) is 4.98 Å². The maximum absolute atomic E-state index is 5.89. The Hall–Kier alpha value is -1.36. The summed E-state index contributed by atoms with van der Waals surface area (Å²) in [4.78, 5) is 11.1. The lowest BCUT2D eigenvalue weighted by Crippen LogP contribution is -2.36. The number of aromatic nitrogens is 1. The van der Waals surface area contributed by atoms with E-state index in [2.05, 4.69) is 42.6 Å². The number of rotatable bonds is 3. The topological polar surface area (TPSA) is 54.5 Å². The number of hydrogen-bond acceptors (Lipinski definition) is 5. The average Bonchev–Trinajstić information content (AvgIpc) is 2.86. The van der Waals surface area contributed by atoms with Crippen LogP contribution in [0.1, 0.15) is 37.5 Å². The molecule has 5 heteroatoms. The molecule has 1 aromatic heterocycles. The first-order chi connectivity index (χ1) is 8.43. The van der Waals surface area contributed by atoms with E-state index in [0.717, 1.165) is 10.7 Å². The molecule has 0 bridgehead atoms. The van der Waals surface area contributed by atoms with Gasteiger partial charge >= 0.3 is 0 Å². The minimum absolute atomic E-state index is 0.0944. The number of thiazole rings is 1. The maximum atomic E-state index is 5.89. The fourth-order valence-electron chi connectivity index (χ4n) is 1.93. The summed E-state index contributed by atoms with van der Waals surface area (Å²) < 4.78 is 0. The predicted molar refractivity (Wildman–Crippen MR) is 76.9 cm³/mol. The highest BCUT2D eigenvalue weighted by atomic mass is 32.1. The molecule has 2 N–H and O–H groups in total. The first-order valence-corrected chi connectivity index (χ1v) is 6.95. The number of nitrogens with zero attached hydrogens (tertiary/aromatic N) is 3. The van der Waals surface area contributed by atoms with Crippen molar-refractivity contribution in [1.82, 2.24) is 9.88 Å². The molecule has 0 spiro atoms. The quantitative estimate of drug-likeness (QED) is 0.852. The second kappa shape index (κ2) is 4.72. The highest BCUT2D eigenvalue weighted by Gasteiger charge is 2.29. The van der Waals surface area contributed by atoms with E-state index in [-0.39, 0.29) is 11.5 Å². The molecule has 0 amide bonds. The molecule has 1 aromatic rings. The molecule has 1 atom stereocenters. The van der Waals surface area contributed by atoms with Crippen LogP contribution >= 0.6 is 11.3 Å². The van der Waals surface area contributed by atoms with Gasteiger partial charge in [0, 0.05) is 17.3 Å². The first-order valence-electron chi connectivity index (χ1n) is 6.07. The van der Waals surface area contributed by atoms with Gasteiger partial charge in [0.25, 0.3) is 0 Å². The van der Waals surface area contributed by atoms with E-state index in [1.54, 1.807) is 11.3 Å². The summed E-state index contributed by atoms with van der Waals surface area (Å²) in [6, 6.07) is 0.162. The summed E-state index contributed by atoms with van der Waals surface area (Å²) >= 11 is 1.71. The molecule has 0 aliphatic carbocycles. The van der Waals surface area contributed by atoms with Crippen molar-refractivity contribution in [3.8, 4) is 0 Å². The van der Waals surface area contributed by atoms with Crippen LogP contribution in [0, 0.1) is 0 Å². The van der Waals surface area contributed by atoms with Crippen LogP contribution in [0.4, 0.5) is 0 Å². The van der Waals surface area contributed by atoms with Gasteiger partial charge in [-0.15, -0.1) is 17.9 Å². The van der Waals surface area contributed by atoms with Crippen LogP contribution in [0.25, 0.3) is 0 Å². The number of nitrogens with two attached hydrogens (primary N) is 1. The molecule has 0 fully saturated rings. The molecule has 0 saturated carbocycles. The molecular weight excluding hydrogens is 244 g/mol. The molecule has 98 valence electrons. The number of hydrogen-bond donors (Lipinski definition) is 1. The lowest BCUT2D eigenvalue weighted by Gasteiger charge is -2.23. The van der Waals surface area contributed by atoms with Gasteiger partial charge in [0.15, 0.2) is 5.96 Å². The fraction of sp³-hybridized carbons (Fsp3) is 0.538. The van der Waals surface area contributed by atoms with Crippen LogP contribution in [-0.4, -0.2) is 28.9 Å². The largest absolute Gasteiger partial charge is 0.370 e. The highest BCUT2D eigenvalue weighted by Crippen LogP contribution is 2.31. The molecule has 2 heterocycles. The Kier molecular flexibility index (Phi) is 3.43. The molecule has 2 rings (SSSR count). The summed E-state index contributed by atoms with van der Waals surface area (Å²) in [6.45, 7) is 11.7. The molecular formula is C13H20N4S. The Morgan fingerprint density at radius 1 is 1.61 bits per heavy atom. The highest BCUT2D eigenvalue weighted by molar-refractivity contribution is 7.09. The Balaban J connectivity index is 2.22. The van der Waals surface area contributed by atoms with Gasteiger partial charge in [0.05, 0.1) is 23.3 Å². The van der Waals surface area contributed by atoms with Gasteiger partial charge in [0.2, 0.25) is 0 Å². The second-order valence-corrected chi connectivity index (χ2v) is 6.34. The Labute approximate surface area is 112 Å². The zero-order chi connectivity index (χ0) is 13.3. The summed E-state index contributed by atoms with van der Waals surface area (Å²) in [5.74, 6) is 0.588. The molecule has 4 nitrogen and oxygen atoms in total. The van der Waals surface area contributed by atoms with Crippen molar-refractivity contribution in [3.05, 3.63) is 28.7 Å². The average molecular weight is 264 g/mol. The van der Waals surface area contributed by atoms with E-state index in [9.17, 15) is 0 Å². The predicted octanol–water partition coefficient (Wildman–Crippen LogP) is 2.30. The van der Waals surface area contributed by atoms with E-state index in [1.165, 1.54) is 0 Å². The lowest BCUT2D eigenvalue weighted by atomic mass is 9.98. The standard InChI is InChI=1S/C13H20N4S/c1-5-6-17-10(7-15-12(17)14)9-8-18-11(16-9)13(2,3)4/h5,8,10H,1,6-7H2,2-4H3,(H2,14,15). The summed E-state index contributed by atoms with van der Waals surface area (Å²) in [7, 11) is 0. The van der Waals surface area contributed by atoms with E-state index in [1.807, 2.05) is 6.08 Å². The Morgan fingerprint density at radius 3 is 2.89 bits per heavy atom. The minimum Gasteiger partial charge on any atom is -0.370 e. The third-order valence-electron chi connectivity index (χ3n) is 2.93. The van der Waals surface area contributed by atoms with Crippen molar-refractivity contribution < 1.29 is 0 Å². The van der Waals surface area contributed by atoms with Crippen molar-refractivity contribution in [2.45, 2.75) is 32.2 Å². The van der Waals surface area contributed by atoms with E-state index >= 15 is 0 Å². The summed E-state index contributed by atoms with van der Waals surface area (Å²) in [6.07, 6.45) is 1.84. The van der Waals surface area contributed by atoms with Crippen LogP contribution < -0.4 is 5.73 Å². The molecule has 18 heavy (non-hydrogen) atoms. The number of guanidine groups is 1. The van der Waals surface area contributed by atoms with Gasteiger partial charge in [0.1, 0.15) is 0 Å². The maximum Gasteiger partial charge on any atom is 0.192 e. The first kappa shape index (κ1) is 13.1. The van der Waals surface area contributed by atoms with Gasteiger partial charge in [-0.2, -0.15) is 0 Å². The summed E-state index contributed by atoms with van der Waals surface area (Å²) in [5, 5.41) is 3.27. The zero-order valence-corrected chi connectivity index (χ0v) is 12.0. The van der Waals surface area contributed by atoms with Crippen LogP contribution in [-0.2, 0) is 5.41 Å². The Morgan fingerprint density at radius 2 is 2.33 bits per heavy atom. The third-order valence-corrected chi connectivity index (χ3v) is 4.21. The SMILES string of the molecule is C=CCN1C(N)=NCC1c1csc(C(C)(C)C)n1. The van der Waals surface area contributed by atoms with Crippen molar-refractivity contribution in [2.24, 2.45) is 10.7 Å². The van der Waals surface area contributed by atoms with Crippen molar-refractivity contribution in [1.29, 1.82) is 0 Å². The third kappa shape index (κ3) is 2.41. The Bertz CT molecular complexity index is 470. The summed E-state index contributed by atoms with van der Waals surface area (Å²) in [5.41, 5.74) is 7.05. The van der Waals surface area contributed by atoms with Gasteiger partial charge in [-0.05, 0) is 0 Å².